The standard InChI is InChI=1S/C21H28ClNO/c1-21(2,3)13-6-5-8-15-23(4)18-19-11-10-12-20(17-19)24-16-9-7-14-22/h5,7-12,17H,14-16,18H2,1-4H3. The maximum atomic E-state index is 5.68. The lowest BCUT2D eigenvalue weighted by Crippen LogP contribution is -2.17. The topological polar surface area (TPSA) is 12.5 Å². The van der Waals surface area contributed by atoms with Crippen LogP contribution in [-0.4, -0.2) is 31.0 Å². The number of rotatable bonds is 8. The van der Waals surface area contributed by atoms with Crippen LogP contribution in [0.25, 0.3) is 0 Å². The van der Waals surface area contributed by atoms with Gasteiger partial charge < -0.3 is 4.74 Å². The van der Waals surface area contributed by atoms with E-state index in [9.17, 15) is 0 Å². The third kappa shape index (κ3) is 10.2. The molecule has 1 rings (SSSR count). The summed E-state index contributed by atoms with van der Waals surface area (Å²) in [6.07, 6.45) is 7.84. The number of nitrogens with zero attached hydrogens (tertiary/aromatic N) is 1. The zero-order chi connectivity index (χ0) is 17.8. The zero-order valence-electron chi connectivity index (χ0n) is 15.2. The van der Waals surface area contributed by atoms with E-state index in [0.29, 0.717) is 12.5 Å². The van der Waals surface area contributed by atoms with Crippen molar-refractivity contribution in [2.75, 3.05) is 26.1 Å². The first-order chi connectivity index (χ1) is 11.4. The smallest absolute Gasteiger partial charge is 0.120 e. The summed E-state index contributed by atoms with van der Waals surface area (Å²) >= 11 is 5.59. The molecule has 2 nitrogen and oxygen atoms in total. The van der Waals surface area contributed by atoms with Crippen molar-refractivity contribution in [2.45, 2.75) is 27.3 Å². The van der Waals surface area contributed by atoms with Gasteiger partial charge in [0, 0.05) is 24.4 Å². The third-order valence-electron chi connectivity index (χ3n) is 3.02. The number of hydrogen-bond donors (Lipinski definition) is 0. The van der Waals surface area contributed by atoms with E-state index in [4.69, 9.17) is 16.3 Å². The molecule has 0 fully saturated rings. The lowest BCUT2D eigenvalue weighted by atomic mass is 9.98. The fraction of sp³-hybridized carbons (Fsp3) is 0.429. The Morgan fingerprint density at radius 2 is 2.00 bits per heavy atom. The van der Waals surface area contributed by atoms with E-state index < -0.39 is 0 Å². The Morgan fingerprint density at radius 1 is 1.21 bits per heavy atom. The summed E-state index contributed by atoms with van der Waals surface area (Å²) in [6.45, 7) is 8.61. The Hall–Kier alpha value is -1.69. The van der Waals surface area contributed by atoms with Crippen LogP contribution in [0.15, 0.2) is 48.6 Å². The van der Waals surface area contributed by atoms with Gasteiger partial charge in [-0.25, -0.2) is 0 Å². The van der Waals surface area contributed by atoms with Crippen molar-refractivity contribution in [1.29, 1.82) is 0 Å². The van der Waals surface area contributed by atoms with Crippen LogP contribution in [0.5, 0.6) is 5.75 Å². The van der Waals surface area contributed by atoms with Crippen LogP contribution in [0, 0.1) is 17.3 Å². The highest BCUT2D eigenvalue weighted by atomic mass is 35.5. The van der Waals surface area contributed by atoms with Gasteiger partial charge in [0.2, 0.25) is 0 Å². The van der Waals surface area contributed by atoms with Crippen LogP contribution in [0.1, 0.15) is 26.3 Å². The van der Waals surface area contributed by atoms with E-state index in [1.807, 2.05) is 30.4 Å². The molecule has 3 heteroatoms. The van der Waals surface area contributed by atoms with Gasteiger partial charge in [0.25, 0.3) is 0 Å². The SMILES string of the molecule is CN(CC=CC#CC(C)(C)C)Cc1cccc(OCC=CCCl)c1. The summed E-state index contributed by atoms with van der Waals surface area (Å²) in [5.74, 6) is 7.69. The summed E-state index contributed by atoms with van der Waals surface area (Å²) in [6, 6.07) is 8.18. The van der Waals surface area contributed by atoms with E-state index in [0.717, 1.165) is 18.8 Å². The lowest BCUT2D eigenvalue weighted by molar-refractivity contribution is 0.352. The van der Waals surface area contributed by atoms with E-state index in [2.05, 4.69) is 62.8 Å². The summed E-state index contributed by atoms with van der Waals surface area (Å²) < 4.78 is 5.68. The normalized spacial score (nSPS) is 11.9. The second-order valence-electron chi connectivity index (χ2n) is 6.70. The fourth-order valence-corrected chi connectivity index (χ4v) is 2.06. The average molecular weight is 346 g/mol. The lowest BCUT2D eigenvalue weighted by Gasteiger charge is -2.15. The summed E-state index contributed by atoms with van der Waals surface area (Å²) in [7, 11) is 2.10. The maximum Gasteiger partial charge on any atom is 0.120 e. The molecule has 0 N–H and O–H groups in total. The van der Waals surface area contributed by atoms with Crippen molar-refractivity contribution in [1.82, 2.24) is 4.90 Å². The summed E-state index contributed by atoms with van der Waals surface area (Å²) in [5, 5.41) is 0. The molecule has 0 aliphatic heterocycles. The van der Waals surface area contributed by atoms with E-state index >= 15 is 0 Å². The average Bonchev–Trinajstić information content (AvgIpc) is 2.50. The van der Waals surface area contributed by atoms with Gasteiger partial charge >= 0.3 is 0 Å². The molecule has 0 bridgehead atoms. The molecule has 0 aromatic heterocycles. The second kappa shape index (κ2) is 11.0. The van der Waals surface area contributed by atoms with Gasteiger partial charge in [-0.15, -0.1) is 11.6 Å². The Morgan fingerprint density at radius 3 is 2.71 bits per heavy atom. The van der Waals surface area contributed by atoms with Gasteiger partial charge in [-0.1, -0.05) is 42.2 Å². The van der Waals surface area contributed by atoms with Gasteiger partial charge in [0.1, 0.15) is 12.4 Å². The first kappa shape index (κ1) is 20.4. The molecule has 24 heavy (non-hydrogen) atoms. The highest BCUT2D eigenvalue weighted by Gasteiger charge is 2.02. The molecule has 0 saturated carbocycles. The molecule has 0 radical (unpaired) electrons. The minimum Gasteiger partial charge on any atom is -0.490 e. The number of ether oxygens (including phenoxy) is 1. The highest BCUT2D eigenvalue weighted by Crippen LogP contribution is 2.14. The molecule has 0 saturated heterocycles. The largest absolute Gasteiger partial charge is 0.490 e. The number of alkyl halides is 1. The van der Waals surface area contributed by atoms with Crippen molar-refractivity contribution < 1.29 is 4.74 Å². The number of allylic oxidation sites excluding steroid dienone is 2. The molecule has 0 spiro atoms. The van der Waals surface area contributed by atoms with Crippen LogP contribution < -0.4 is 4.74 Å². The van der Waals surface area contributed by atoms with E-state index in [1.165, 1.54) is 5.56 Å². The maximum absolute atomic E-state index is 5.68. The number of hydrogen-bond acceptors (Lipinski definition) is 2. The van der Waals surface area contributed by atoms with Crippen LogP contribution in [0.3, 0.4) is 0 Å². The molecule has 0 unspecified atom stereocenters. The van der Waals surface area contributed by atoms with Crippen molar-refractivity contribution in [3.63, 3.8) is 0 Å². The van der Waals surface area contributed by atoms with Gasteiger partial charge in [-0.2, -0.15) is 0 Å². The Balaban J connectivity index is 2.46. The Bertz CT molecular complexity index is 602. The minimum atomic E-state index is 0.0512. The molecular formula is C21H28ClNO. The highest BCUT2D eigenvalue weighted by molar-refractivity contribution is 6.18. The molecule has 0 atom stereocenters. The van der Waals surface area contributed by atoms with Crippen LogP contribution >= 0.6 is 11.6 Å². The number of benzene rings is 1. The predicted octanol–water partition coefficient (Wildman–Crippen LogP) is 4.90. The molecular weight excluding hydrogens is 318 g/mol. The van der Waals surface area contributed by atoms with Crippen molar-refractivity contribution in [3.8, 4) is 17.6 Å². The van der Waals surface area contributed by atoms with Crippen molar-refractivity contribution >= 4 is 11.6 Å². The molecule has 130 valence electrons. The summed E-state index contributed by atoms with van der Waals surface area (Å²) in [5.41, 5.74) is 1.28. The Kier molecular flexibility index (Phi) is 9.30. The molecule has 1 aromatic carbocycles. The van der Waals surface area contributed by atoms with Gasteiger partial charge in [0.15, 0.2) is 0 Å². The summed E-state index contributed by atoms with van der Waals surface area (Å²) in [4.78, 5) is 2.24. The molecule has 0 aliphatic carbocycles. The predicted molar refractivity (Wildman–Crippen MR) is 105 cm³/mol. The zero-order valence-corrected chi connectivity index (χ0v) is 15.9. The number of likely N-dealkylation sites (N-methyl/N-ethyl adjacent to an activating group) is 1. The molecule has 1 aromatic rings. The van der Waals surface area contributed by atoms with Gasteiger partial charge in [-0.05, 0) is 51.6 Å². The van der Waals surface area contributed by atoms with Crippen molar-refractivity contribution in [3.05, 3.63) is 54.1 Å². The van der Waals surface area contributed by atoms with E-state index in [-0.39, 0.29) is 5.41 Å². The first-order valence-electron chi connectivity index (χ1n) is 8.19. The molecule has 0 aliphatic rings. The molecule has 0 amide bonds. The fourth-order valence-electron chi connectivity index (χ4n) is 1.93. The van der Waals surface area contributed by atoms with Crippen LogP contribution in [0.4, 0.5) is 0 Å². The minimum absolute atomic E-state index is 0.0512. The van der Waals surface area contributed by atoms with E-state index in [1.54, 1.807) is 0 Å². The molecule has 0 heterocycles. The number of halogens is 1. The van der Waals surface area contributed by atoms with Crippen molar-refractivity contribution in [2.24, 2.45) is 5.41 Å². The quantitative estimate of drug-likeness (QED) is 0.377. The van der Waals surface area contributed by atoms with Gasteiger partial charge in [0.05, 0.1) is 0 Å². The van der Waals surface area contributed by atoms with Crippen LogP contribution in [-0.2, 0) is 6.54 Å². The Labute approximate surface area is 152 Å². The van der Waals surface area contributed by atoms with Crippen LogP contribution in [0.2, 0.25) is 0 Å². The third-order valence-corrected chi connectivity index (χ3v) is 3.20. The second-order valence-corrected chi connectivity index (χ2v) is 7.01. The van der Waals surface area contributed by atoms with Gasteiger partial charge in [-0.3, -0.25) is 4.90 Å². The first-order valence-corrected chi connectivity index (χ1v) is 8.73. The monoisotopic (exact) mass is 345 g/mol.